The van der Waals surface area contributed by atoms with Gasteiger partial charge in [0, 0.05) is 22.0 Å². The molecule has 0 aliphatic carbocycles. The van der Waals surface area contributed by atoms with Crippen molar-refractivity contribution in [3.63, 3.8) is 0 Å². The van der Waals surface area contributed by atoms with Gasteiger partial charge in [0.2, 0.25) is 10.0 Å². The highest BCUT2D eigenvalue weighted by Gasteiger charge is 2.30. The lowest BCUT2D eigenvalue weighted by Gasteiger charge is -2.14. The summed E-state index contributed by atoms with van der Waals surface area (Å²) in [4.78, 5) is 0.125. The molecule has 0 amide bonds. The fraction of sp³-hybridized carbons (Fsp3) is 0.130. The second-order valence-electron chi connectivity index (χ2n) is 7.33. The molecule has 0 aliphatic rings. The third kappa shape index (κ3) is 4.53. The van der Waals surface area contributed by atoms with Crippen molar-refractivity contribution in [3.05, 3.63) is 77.9 Å². The highest BCUT2D eigenvalue weighted by Crippen LogP contribution is 2.34. The van der Waals surface area contributed by atoms with Crippen LogP contribution in [0.5, 0.6) is 0 Å². The van der Waals surface area contributed by atoms with Crippen LogP contribution in [-0.4, -0.2) is 25.7 Å². The van der Waals surface area contributed by atoms with E-state index in [1.165, 1.54) is 25.2 Å². The molecule has 3 aromatic carbocycles. The third-order valence-electron chi connectivity index (χ3n) is 5.16. The molecule has 0 fully saturated rings. The number of halogens is 3. The molecule has 0 saturated carbocycles. The van der Waals surface area contributed by atoms with E-state index in [-0.39, 0.29) is 16.4 Å². The molecule has 4 rings (SSSR count). The van der Waals surface area contributed by atoms with Crippen LogP contribution in [0, 0.1) is 6.92 Å². The van der Waals surface area contributed by atoms with Crippen molar-refractivity contribution in [1.29, 1.82) is 0 Å². The quantitative estimate of drug-likeness (QED) is 0.413. The summed E-state index contributed by atoms with van der Waals surface area (Å²) in [5.74, 6) is 0.281. The Bertz CT molecular complexity index is 1450. The van der Waals surface area contributed by atoms with Gasteiger partial charge in [-0.15, -0.1) is 10.2 Å². The molecule has 4 aromatic rings. The number of alkyl halides is 3. The van der Waals surface area contributed by atoms with Gasteiger partial charge in [-0.25, -0.2) is 13.1 Å². The van der Waals surface area contributed by atoms with Gasteiger partial charge in [0.25, 0.3) is 0 Å². The molecule has 33 heavy (non-hydrogen) atoms. The zero-order valence-corrected chi connectivity index (χ0v) is 18.4. The van der Waals surface area contributed by atoms with Gasteiger partial charge in [-0.05, 0) is 43.8 Å². The topological polar surface area (TPSA) is 84.0 Å². The van der Waals surface area contributed by atoms with Crippen LogP contribution in [0.25, 0.3) is 22.0 Å². The van der Waals surface area contributed by atoms with Crippen LogP contribution in [0.15, 0.2) is 71.6 Å². The summed E-state index contributed by atoms with van der Waals surface area (Å²) in [5, 5.41) is 12.7. The maximum Gasteiger partial charge on any atom is 0.416 e. The maximum atomic E-state index is 13.1. The normalized spacial score (nSPS) is 12.2. The molecule has 2 N–H and O–H groups in total. The molecule has 0 aliphatic heterocycles. The van der Waals surface area contributed by atoms with Gasteiger partial charge in [-0.1, -0.05) is 42.5 Å². The van der Waals surface area contributed by atoms with Crippen LogP contribution < -0.4 is 10.0 Å². The Labute approximate surface area is 188 Å². The number of sulfonamides is 1. The fourth-order valence-electron chi connectivity index (χ4n) is 3.47. The summed E-state index contributed by atoms with van der Waals surface area (Å²) in [6, 6.07) is 16.9. The molecule has 0 unspecified atom stereocenters. The van der Waals surface area contributed by atoms with Gasteiger partial charge in [-0.3, -0.25) is 0 Å². The Hall–Kier alpha value is -3.50. The second kappa shape index (κ2) is 8.45. The van der Waals surface area contributed by atoms with E-state index in [2.05, 4.69) is 20.2 Å². The van der Waals surface area contributed by atoms with Gasteiger partial charge in [-0.2, -0.15) is 13.2 Å². The molecule has 170 valence electrons. The predicted octanol–water partition coefficient (Wildman–Crippen LogP) is 5.28. The van der Waals surface area contributed by atoms with Gasteiger partial charge >= 0.3 is 6.18 Å². The Morgan fingerprint density at radius 2 is 1.61 bits per heavy atom. The highest BCUT2D eigenvalue weighted by atomic mass is 32.2. The molecule has 1 aromatic heterocycles. The van der Waals surface area contributed by atoms with E-state index < -0.39 is 21.8 Å². The summed E-state index contributed by atoms with van der Waals surface area (Å²) in [6.45, 7) is 1.69. The molecular formula is C23H19F3N4O2S. The summed E-state index contributed by atoms with van der Waals surface area (Å²) < 4.78 is 66.3. The number of hydrogen-bond donors (Lipinski definition) is 2. The van der Waals surface area contributed by atoms with Crippen molar-refractivity contribution in [2.24, 2.45) is 0 Å². The lowest BCUT2D eigenvalue weighted by atomic mass is 10.0. The molecule has 0 saturated heterocycles. The number of aromatic nitrogens is 2. The molecule has 10 heteroatoms. The molecule has 0 bridgehead atoms. The number of nitrogens with zero attached hydrogens (tertiary/aromatic N) is 2. The van der Waals surface area contributed by atoms with Crippen molar-refractivity contribution in [3.8, 4) is 11.3 Å². The fourth-order valence-corrected chi connectivity index (χ4v) is 4.46. The van der Waals surface area contributed by atoms with Crippen LogP contribution in [0.3, 0.4) is 0 Å². The molecule has 0 radical (unpaired) electrons. The number of fused-ring (bicyclic) bond motifs is 1. The van der Waals surface area contributed by atoms with Crippen molar-refractivity contribution >= 4 is 32.3 Å². The van der Waals surface area contributed by atoms with Crippen LogP contribution in [0.4, 0.5) is 24.7 Å². The molecule has 6 nitrogen and oxygen atoms in total. The molecular weight excluding hydrogens is 453 g/mol. The Kier molecular flexibility index (Phi) is 5.81. The molecule has 0 atom stereocenters. The van der Waals surface area contributed by atoms with Gasteiger partial charge < -0.3 is 5.32 Å². The monoisotopic (exact) mass is 472 g/mol. The van der Waals surface area contributed by atoms with Crippen molar-refractivity contribution in [2.45, 2.75) is 18.0 Å². The number of aryl methyl sites for hydroxylation is 1. The first-order valence-electron chi connectivity index (χ1n) is 9.84. The Morgan fingerprint density at radius 3 is 2.30 bits per heavy atom. The van der Waals surface area contributed by atoms with Crippen LogP contribution in [0.2, 0.25) is 0 Å². The van der Waals surface area contributed by atoms with E-state index in [0.29, 0.717) is 27.6 Å². The van der Waals surface area contributed by atoms with Crippen molar-refractivity contribution in [1.82, 2.24) is 14.9 Å². The number of nitrogens with one attached hydrogen (secondary N) is 2. The van der Waals surface area contributed by atoms with Gasteiger partial charge in [0.15, 0.2) is 5.82 Å². The van der Waals surface area contributed by atoms with Crippen molar-refractivity contribution in [2.75, 3.05) is 12.4 Å². The van der Waals surface area contributed by atoms with Crippen LogP contribution >= 0.6 is 0 Å². The van der Waals surface area contributed by atoms with E-state index in [1.54, 1.807) is 43.3 Å². The Balaban J connectivity index is 1.81. The SMILES string of the molecule is CNS(=O)(=O)c1cc(-c2nnc(Nc3cccc(C(F)(F)F)c3)c3ccccc23)ccc1C. The summed E-state index contributed by atoms with van der Waals surface area (Å²) in [7, 11) is -2.34. The zero-order chi connectivity index (χ0) is 23.8. The molecule has 0 spiro atoms. The van der Waals surface area contributed by atoms with E-state index in [4.69, 9.17) is 0 Å². The standard InChI is InChI=1S/C23H19F3N4O2S/c1-14-10-11-15(12-20(14)33(31,32)27-2)21-18-8-3-4-9-19(18)22(30-29-21)28-17-7-5-6-16(13-17)23(24,25)26/h3-13,27H,1-2H3,(H,28,30). The zero-order valence-electron chi connectivity index (χ0n) is 17.6. The second-order valence-corrected chi connectivity index (χ2v) is 9.19. The number of benzene rings is 3. The average Bonchev–Trinajstić information content (AvgIpc) is 2.79. The lowest BCUT2D eigenvalue weighted by molar-refractivity contribution is -0.137. The lowest BCUT2D eigenvalue weighted by Crippen LogP contribution is -2.19. The predicted molar refractivity (Wildman–Crippen MR) is 121 cm³/mol. The largest absolute Gasteiger partial charge is 0.416 e. The number of hydrogen-bond acceptors (Lipinski definition) is 5. The minimum atomic E-state index is -4.47. The van der Waals surface area contributed by atoms with E-state index in [0.717, 1.165) is 12.1 Å². The first-order chi connectivity index (χ1) is 15.6. The van der Waals surface area contributed by atoms with Crippen molar-refractivity contribution < 1.29 is 21.6 Å². The van der Waals surface area contributed by atoms with Crippen LogP contribution in [0.1, 0.15) is 11.1 Å². The minimum Gasteiger partial charge on any atom is -0.338 e. The number of anilines is 2. The Morgan fingerprint density at radius 1 is 0.879 bits per heavy atom. The maximum absolute atomic E-state index is 13.1. The molecule has 1 heterocycles. The number of rotatable bonds is 5. The van der Waals surface area contributed by atoms with E-state index in [1.807, 2.05) is 0 Å². The third-order valence-corrected chi connectivity index (χ3v) is 6.72. The smallest absolute Gasteiger partial charge is 0.338 e. The minimum absolute atomic E-state index is 0.125. The highest BCUT2D eigenvalue weighted by molar-refractivity contribution is 7.89. The van der Waals surface area contributed by atoms with E-state index in [9.17, 15) is 21.6 Å². The summed E-state index contributed by atoms with van der Waals surface area (Å²) in [5.41, 5.74) is 1.01. The average molecular weight is 472 g/mol. The first-order valence-corrected chi connectivity index (χ1v) is 11.3. The van der Waals surface area contributed by atoms with Crippen LogP contribution in [-0.2, 0) is 16.2 Å². The summed E-state index contributed by atoms with van der Waals surface area (Å²) in [6.07, 6.45) is -4.47. The summed E-state index contributed by atoms with van der Waals surface area (Å²) >= 11 is 0. The first kappa shape index (κ1) is 22.7. The van der Waals surface area contributed by atoms with Gasteiger partial charge in [0.1, 0.15) is 5.69 Å². The van der Waals surface area contributed by atoms with Gasteiger partial charge in [0.05, 0.1) is 10.5 Å². The van der Waals surface area contributed by atoms with E-state index >= 15 is 0 Å².